The number of nitrogens with zero attached hydrogens (tertiary/aromatic N) is 5. The van der Waals surface area contributed by atoms with Gasteiger partial charge in [0.25, 0.3) is 0 Å². The summed E-state index contributed by atoms with van der Waals surface area (Å²) in [6.07, 6.45) is -0.404. The molecule has 0 atom stereocenters. The van der Waals surface area contributed by atoms with E-state index < -0.39 is 11.2 Å². The van der Waals surface area contributed by atoms with Gasteiger partial charge in [-0.1, -0.05) is 40.2 Å². The van der Waals surface area contributed by atoms with Crippen molar-refractivity contribution in [2.45, 2.75) is 79.7 Å². The number of carbonyl (C=O) groups is 2. The number of amides is 2. The maximum absolute atomic E-state index is 12.2. The van der Waals surface area contributed by atoms with Gasteiger partial charge in [-0.2, -0.15) is 0 Å². The lowest BCUT2D eigenvalue weighted by Crippen LogP contribution is -2.49. The first-order valence-corrected chi connectivity index (χ1v) is 18.4. The van der Waals surface area contributed by atoms with E-state index in [-0.39, 0.29) is 12.2 Å². The van der Waals surface area contributed by atoms with Gasteiger partial charge in [0.15, 0.2) is 0 Å². The highest BCUT2D eigenvalue weighted by molar-refractivity contribution is 9.10. The van der Waals surface area contributed by atoms with Crippen LogP contribution < -0.4 is 4.90 Å². The Morgan fingerprint density at radius 2 is 1.08 bits per heavy atom. The second-order valence-corrected chi connectivity index (χ2v) is 16.0. The van der Waals surface area contributed by atoms with E-state index in [1.54, 1.807) is 4.90 Å². The molecular formula is C38H58BrN5O5. The maximum atomic E-state index is 12.2. The fourth-order valence-corrected chi connectivity index (χ4v) is 6.53. The average molecular weight is 745 g/mol. The molecule has 3 heterocycles. The molecule has 3 fully saturated rings. The molecule has 5 rings (SSSR count). The second-order valence-electron chi connectivity index (χ2n) is 15.2. The fraction of sp³-hybridized carbons (Fsp3) is 0.632. The summed E-state index contributed by atoms with van der Waals surface area (Å²) in [4.78, 5) is 35.1. The molecule has 0 spiro atoms. The highest BCUT2D eigenvalue weighted by Gasteiger charge is 2.27. The summed E-state index contributed by atoms with van der Waals surface area (Å²) in [6, 6.07) is 12.9. The van der Waals surface area contributed by atoms with Crippen LogP contribution in [0.3, 0.4) is 0 Å². The molecule has 2 amide bonds. The van der Waals surface area contributed by atoms with Gasteiger partial charge in [-0.25, -0.2) is 9.59 Å². The zero-order valence-corrected chi connectivity index (χ0v) is 32.6. The number of rotatable bonds is 5. The van der Waals surface area contributed by atoms with Crippen molar-refractivity contribution in [3.63, 3.8) is 0 Å². The molecule has 0 aliphatic carbocycles. The predicted molar refractivity (Wildman–Crippen MR) is 199 cm³/mol. The van der Waals surface area contributed by atoms with Crippen molar-refractivity contribution in [1.82, 2.24) is 19.6 Å². The number of anilines is 1. The zero-order valence-electron chi connectivity index (χ0n) is 31.0. The first-order valence-electron chi connectivity index (χ1n) is 17.7. The number of halogens is 1. The van der Waals surface area contributed by atoms with E-state index in [9.17, 15) is 9.59 Å². The minimum Gasteiger partial charge on any atom is -0.444 e. The lowest BCUT2D eigenvalue weighted by Gasteiger charge is -2.36. The number of benzene rings is 2. The molecule has 0 N–H and O–H groups in total. The topological polar surface area (TPSA) is 78.0 Å². The van der Waals surface area contributed by atoms with Crippen LogP contribution in [0, 0.1) is 13.8 Å². The Labute approximate surface area is 302 Å². The van der Waals surface area contributed by atoms with E-state index in [1.165, 1.54) is 27.9 Å². The normalized spacial score (nSPS) is 18.1. The summed E-state index contributed by atoms with van der Waals surface area (Å²) in [6.45, 7) is 27.5. The number of hydrogen-bond donors (Lipinski definition) is 0. The Hall–Kier alpha value is -2.86. The van der Waals surface area contributed by atoms with Crippen LogP contribution in [0.5, 0.6) is 0 Å². The van der Waals surface area contributed by atoms with Gasteiger partial charge in [0.2, 0.25) is 0 Å². The van der Waals surface area contributed by atoms with Crippen molar-refractivity contribution in [2.24, 2.45) is 0 Å². The number of piperazine rings is 2. The van der Waals surface area contributed by atoms with Crippen LogP contribution in [0.4, 0.5) is 15.3 Å². The molecule has 3 saturated heterocycles. The van der Waals surface area contributed by atoms with Gasteiger partial charge >= 0.3 is 12.2 Å². The molecule has 0 unspecified atom stereocenters. The van der Waals surface area contributed by atoms with Crippen LogP contribution in [0.15, 0.2) is 40.9 Å². The van der Waals surface area contributed by atoms with Crippen molar-refractivity contribution in [3.05, 3.63) is 63.1 Å². The van der Waals surface area contributed by atoms with Crippen LogP contribution in [0.25, 0.3) is 0 Å². The highest BCUT2D eigenvalue weighted by Crippen LogP contribution is 2.26. The van der Waals surface area contributed by atoms with Crippen molar-refractivity contribution in [2.75, 3.05) is 83.6 Å². The molecule has 0 saturated carbocycles. The third-order valence-electron chi connectivity index (χ3n) is 8.98. The molecule has 2 aromatic carbocycles. The van der Waals surface area contributed by atoms with Gasteiger partial charge in [0.1, 0.15) is 11.2 Å². The zero-order chi connectivity index (χ0) is 35.8. The van der Waals surface area contributed by atoms with Crippen molar-refractivity contribution in [1.29, 1.82) is 0 Å². The van der Waals surface area contributed by atoms with E-state index >= 15 is 0 Å². The Balaban J connectivity index is 0.000000226. The van der Waals surface area contributed by atoms with Crippen LogP contribution >= 0.6 is 15.9 Å². The minimum atomic E-state index is -0.439. The predicted octanol–water partition coefficient (Wildman–Crippen LogP) is 6.69. The van der Waals surface area contributed by atoms with Crippen LogP contribution in [0.2, 0.25) is 0 Å². The minimum absolute atomic E-state index is 0.201. The molecule has 3 aliphatic heterocycles. The monoisotopic (exact) mass is 743 g/mol. The lowest BCUT2D eigenvalue weighted by atomic mass is 10.0. The van der Waals surface area contributed by atoms with E-state index in [0.29, 0.717) is 0 Å². The largest absolute Gasteiger partial charge is 0.444 e. The summed E-state index contributed by atoms with van der Waals surface area (Å²) in [7, 11) is 0. The number of carbonyl (C=O) groups excluding carboxylic acids is 2. The van der Waals surface area contributed by atoms with Crippen molar-refractivity contribution >= 4 is 33.8 Å². The van der Waals surface area contributed by atoms with Crippen LogP contribution in [-0.4, -0.2) is 122 Å². The third-order valence-corrected chi connectivity index (χ3v) is 9.84. The van der Waals surface area contributed by atoms with Crippen molar-refractivity contribution < 1.29 is 23.8 Å². The quantitative estimate of drug-likeness (QED) is 0.335. The molecule has 0 radical (unpaired) electrons. The molecule has 10 nitrogen and oxygen atoms in total. The first kappa shape index (κ1) is 38.9. The highest BCUT2D eigenvalue weighted by atomic mass is 79.9. The van der Waals surface area contributed by atoms with E-state index in [4.69, 9.17) is 14.2 Å². The Bertz CT molecular complexity index is 1390. The average Bonchev–Trinajstić information content (AvgIpc) is 3.04. The van der Waals surface area contributed by atoms with E-state index in [1.807, 2.05) is 46.4 Å². The van der Waals surface area contributed by atoms with Gasteiger partial charge in [0, 0.05) is 88.7 Å². The standard InChI is InChI=1S/C21H33N3O3.C17H25BrN2O2/c1-17-18(6-5-7-19(17)23-12-14-26-15-13-23)16-22-8-10-24(11-9-22)20(25)27-21(2,3)4;1-13-14(6-5-7-15(13)18)12-19-8-10-20(11-9-19)16(21)22-17(2,3)4/h5-7H,8-16H2,1-4H3;5-7H,8-12H2,1-4H3. The second kappa shape index (κ2) is 17.4. The van der Waals surface area contributed by atoms with E-state index in [2.05, 4.69) is 80.9 Å². The summed E-state index contributed by atoms with van der Waals surface area (Å²) in [5.74, 6) is 0. The molecule has 272 valence electrons. The Morgan fingerprint density at radius 1 is 0.653 bits per heavy atom. The van der Waals surface area contributed by atoms with Gasteiger partial charge < -0.3 is 28.9 Å². The fourth-order valence-electron chi connectivity index (χ4n) is 6.12. The summed E-state index contributed by atoms with van der Waals surface area (Å²) >= 11 is 3.58. The number of hydrogen-bond acceptors (Lipinski definition) is 8. The van der Waals surface area contributed by atoms with Gasteiger partial charge in [-0.3, -0.25) is 9.80 Å². The summed E-state index contributed by atoms with van der Waals surface area (Å²) in [5.41, 5.74) is 5.80. The summed E-state index contributed by atoms with van der Waals surface area (Å²) in [5, 5.41) is 0. The van der Waals surface area contributed by atoms with Crippen LogP contribution in [0.1, 0.15) is 63.8 Å². The number of morpholine rings is 1. The van der Waals surface area contributed by atoms with Crippen LogP contribution in [-0.2, 0) is 27.3 Å². The SMILES string of the molecule is Cc1c(Br)cccc1CN1CCN(C(=O)OC(C)(C)C)CC1.Cc1c(CN2CCN(C(=O)OC(C)(C)C)CC2)cccc1N1CCOCC1. The van der Waals surface area contributed by atoms with Crippen molar-refractivity contribution in [3.8, 4) is 0 Å². The molecule has 0 bridgehead atoms. The Kier molecular flexibility index (Phi) is 13.8. The molecule has 3 aliphatic rings. The maximum Gasteiger partial charge on any atom is 0.410 e. The Morgan fingerprint density at radius 3 is 1.53 bits per heavy atom. The molecule has 2 aromatic rings. The van der Waals surface area contributed by atoms with Gasteiger partial charge in [0.05, 0.1) is 13.2 Å². The molecule has 11 heteroatoms. The number of ether oxygens (including phenoxy) is 3. The third kappa shape index (κ3) is 12.2. The van der Waals surface area contributed by atoms with Gasteiger partial charge in [-0.05, 0) is 89.8 Å². The smallest absolute Gasteiger partial charge is 0.410 e. The van der Waals surface area contributed by atoms with Gasteiger partial charge in [-0.15, -0.1) is 0 Å². The first-order chi connectivity index (χ1) is 23.1. The molecule has 49 heavy (non-hydrogen) atoms. The molecule has 0 aromatic heterocycles. The lowest BCUT2D eigenvalue weighted by molar-refractivity contribution is 0.0129. The van der Waals surface area contributed by atoms with E-state index in [0.717, 1.165) is 96.2 Å². The molecular weight excluding hydrogens is 686 g/mol. The summed E-state index contributed by atoms with van der Waals surface area (Å²) < 4.78 is 17.5.